The highest BCUT2D eigenvalue weighted by Gasteiger charge is 2.34. The maximum absolute atomic E-state index is 12.8. The Labute approximate surface area is 150 Å². The van der Waals surface area contributed by atoms with Gasteiger partial charge in [-0.1, -0.05) is 42.5 Å². The van der Waals surface area contributed by atoms with Crippen LogP contribution in [0.15, 0.2) is 52.3 Å². The van der Waals surface area contributed by atoms with E-state index in [-0.39, 0.29) is 5.56 Å². The number of fused-ring (bicyclic) bond motifs is 2. The Hall–Kier alpha value is -2.20. The maximum atomic E-state index is 12.8. The number of anilines is 1. The third-order valence-corrected chi connectivity index (χ3v) is 6.49. The summed E-state index contributed by atoms with van der Waals surface area (Å²) in [5, 5.41) is 3.66. The Morgan fingerprint density at radius 1 is 1.12 bits per heavy atom. The van der Waals surface area contributed by atoms with E-state index < -0.39 is 0 Å². The average Bonchev–Trinajstić information content (AvgIpc) is 3.35. The van der Waals surface area contributed by atoms with Gasteiger partial charge in [0.05, 0.1) is 5.03 Å². The molecule has 0 saturated heterocycles. The number of hydrogen-bond donors (Lipinski definition) is 1. The van der Waals surface area contributed by atoms with E-state index in [1.807, 2.05) is 16.3 Å². The minimum Gasteiger partial charge on any atom is -0.394 e. The van der Waals surface area contributed by atoms with Crippen molar-refractivity contribution in [1.82, 2.24) is 4.57 Å². The summed E-state index contributed by atoms with van der Waals surface area (Å²) >= 11 is 1.82. The van der Waals surface area contributed by atoms with Crippen LogP contribution in [-0.2, 0) is 13.0 Å². The molecule has 0 radical (unpaired) electrons. The minimum atomic E-state index is -0.000336. The highest BCUT2D eigenvalue weighted by atomic mass is 32.2. The fourth-order valence-electron chi connectivity index (χ4n) is 4.00. The van der Waals surface area contributed by atoms with Gasteiger partial charge in [-0.3, -0.25) is 4.79 Å². The highest BCUT2D eigenvalue weighted by molar-refractivity contribution is 7.99. The molecule has 0 bridgehead atoms. The summed E-state index contributed by atoms with van der Waals surface area (Å²) in [4.78, 5) is 12.8. The van der Waals surface area contributed by atoms with Crippen LogP contribution in [-0.4, -0.2) is 10.3 Å². The molecule has 1 aliphatic carbocycles. The molecule has 2 N–H and O–H groups in total. The predicted molar refractivity (Wildman–Crippen MR) is 105 cm³/mol. The summed E-state index contributed by atoms with van der Waals surface area (Å²) in [6.45, 7) is 0.789. The molecule has 0 unspecified atom stereocenters. The van der Waals surface area contributed by atoms with Crippen LogP contribution >= 0.6 is 11.8 Å². The Morgan fingerprint density at radius 2 is 1.92 bits per heavy atom. The fourth-order valence-corrected chi connectivity index (χ4v) is 5.24. The molecule has 2 heterocycles. The largest absolute Gasteiger partial charge is 0.394 e. The summed E-state index contributed by atoms with van der Waals surface area (Å²) in [6.07, 6.45) is 3.17. The van der Waals surface area contributed by atoms with E-state index in [1.54, 1.807) is 0 Å². The van der Waals surface area contributed by atoms with Gasteiger partial charge in [-0.25, -0.2) is 0 Å². The molecule has 2 aliphatic rings. The average molecular weight is 348 g/mol. The second-order valence-electron chi connectivity index (χ2n) is 7.01. The monoisotopic (exact) mass is 348 g/mol. The van der Waals surface area contributed by atoms with Gasteiger partial charge < -0.3 is 10.3 Å². The fraction of sp³-hybridized carbons (Fsp3) is 0.286. The van der Waals surface area contributed by atoms with Crippen LogP contribution in [0.2, 0.25) is 0 Å². The molecule has 1 fully saturated rings. The van der Waals surface area contributed by atoms with Crippen molar-refractivity contribution in [2.45, 2.75) is 36.8 Å². The molecule has 0 amide bonds. The number of nitrogens with zero attached hydrogens (tertiary/aromatic N) is 1. The van der Waals surface area contributed by atoms with Gasteiger partial charge in [-0.2, -0.15) is 0 Å². The number of aromatic nitrogens is 1. The van der Waals surface area contributed by atoms with Crippen molar-refractivity contribution in [2.75, 3.05) is 11.5 Å². The number of pyridine rings is 1. The topological polar surface area (TPSA) is 48.0 Å². The second kappa shape index (κ2) is 5.67. The number of hydrogen-bond acceptors (Lipinski definition) is 3. The lowest BCUT2D eigenvalue weighted by Gasteiger charge is -2.18. The van der Waals surface area contributed by atoms with Crippen molar-refractivity contribution in [3.8, 4) is 0 Å². The summed E-state index contributed by atoms with van der Waals surface area (Å²) in [5.41, 5.74) is 10.5. The Morgan fingerprint density at radius 3 is 2.76 bits per heavy atom. The molecular weight excluding hydrogens is 328 g/mol. The lowest BCUT2D eigenvalue weighted by Crippen LogP contribution is -2.26. The van der Waals surface area contributed by atoms with Crippen LogP contribution in [0.3, 0.4) is 0 Å². The number of nitrogen functional groups attached to an aromatic ring is 1. The zero-order valence-corrected chi connectivity index (χ0v) is 14.8. The van der Waals surface area contributed by atoms with Crippen molar-refractivity contribution in [3.63, 3.8) is 0 Å². The van der Waals surface area contributed by atoms with Crippen molar-refractivity contribution in [3.05, 3.63) is 69.5 Å². The first-order chi connectivity index (χ1) is 12.2. The lowest BCUT2D eigenvalue weighted by atomic mass is 9.94. The van der Waals surface area contributed by atoms with E-state index in [0.29, 0.717) is 11.6 Å². The molecule has 5 rings (SSSR count). The first-order valence-corrected chi connectivity index (χ1v) is 9.87. The van der Waals surface area contributed by atoms with Crippen LogP contribution in [0.25, 0.3) is 10.8 Å². The van der Waals surface area contributed by atoms with E-state index in [9.17, 15) is 4.79 Å². The van der Waals surface area contributed by atoms with E-state index >= 15 is 0 Å². The number of nitrogens with two attached hydrogens (primary N) is 1. The van der Waals surface area contributed by atoms with Gasteiger partial charge in [0.15, 0.2) is 0 Å². The smallest absolute Gasteiger partial charge is 0.274 e. The molecule has 126 valence electrons. The lowest BCUT2D eigenvalue weighted by molar-refractivity contribution is 0.675. The van der Waals surface area contributed by atoms with Gasteiger partial charge in [0.25, 0.3) is 5.56 Å². The van der Waals surface area contributed by atoms with Crippen molar-refractivity contribution in [2.24, 2.45) is 0 Å². The quantitative estimate of drug-likeness (QED) is 0.773. The van der Waals surface area contributed by atoms with Crippen LogP contribution < -0.4 is 11.3 Å². The summed E-state index contributed by atoms with van der Waals surface area (Å²) in [7, 11) is 0. The molecule has 4 heteroatoms. The van der Waals surface area contributed by atoms with Gasteiger partial charge in [-0.05, 0) is 46.2 Å². The molecule has 3 nitrogen and oxygen atoms in total. The molecule has 25 heavy (non-hydrogen) atoms. The van der Waals surface area contributed by atoms with Gasteiger partial charge in [0, 0.05) is 18.7 Å². The normalized spacial score (nSPS) is 16.3. The third kappa shape index (κ3) is 2.39. The summed E-state index contributed by atoms with van der Waals surface area (Å²) in [6, 6.07) is 14.8. The van der Waals surface area contributed by atoms with Crippen LogP contribution in [0.1, 0.15) is 35.4 Å². The van der Waals surface area contributed by atoms with Crippen LogP contribution in [0, 0.1) is 0 Å². The molecule has 1 aromatic heterocycles. The molecule has 1 saturated carbocycles. The third-order valence-electron chi connectivity index (χ3n) is 5.39. The predicted octanol–water partition coefficient (Wildman–Crippen LogP) is 4.16. The van der Waals surface area contributed by atoms with Crippen molar-refractivity contribution >= 4 is 28.2 Å². The maximum Gasteiger partial charge on any atom is 0.274 e. The van der Waals surface area contributed by atoms with E-state index in [4.69, 9.17) is 5.73 Å². The summed E-state index contributed by atoms with van der Waals surface area (Å²) < 4.78 is 1.90. The standard InChI is InChI=1S/C21H20N2OS/c22-19-17(12-15-6-3-5-13-4-1-2-7-16(13)15)18(14-8-9-14)21-23(20(19)24)10-11-25-21/h1-7,14H,8-12,22H2. The number of rotatable bonds is 3. The zero-order chi connectivity index (χ0) is 17.0. The molecule has 0 atom stereocenters. The Balaban J connectivity index is 1.72. The molecule has 0 spiro atoms. The second-order valence-corrected chi connectivity index (χ2v) is 8.09. The first-order valence-electron chi connectivity index (χ1n) is 8.88. The van der Waals surface area contributed by atoms with Gasteiger partial charge in [0.1, 0.15) is 5.69 Å². The van der Waals surface area contributed by atoms with Crippen molar-refractivity contribution in [1.29, 1.82) is 0 Å². The SMILES string of the molecule is Nc1c(Cc2cccc3ccccc23)c(C2CC2)c2n(c1=O)CCS2. The number of benzene rings is 2. The summed E-state index contributed by atoms with van der Waals surface area (Å²) in [5.74, 6) is 1.56. The van der Waals surface area contributed by atoms with Crippen LogP contribution in [0.5, 0.6) is 0 Å². The number of thioether (sulfide) groups is 1. The highest BCUT2D eigenvalue weighted by Crippen LogP contribution is 2.48. The van der Waals surface area contributed by atoms with E-state index in [2.05, 4.69) is 42.5 Å². The Kier molecular flexibility index (Phi) is 3.42. The minimum absolute atomic E-state index is 0.000336. The zero-order valence-electron chi connectivity index (χ0n) is 14.0. The van der Waals surface area contributed by atoms with Gasteiger partial charge in [-0.15, -0.1) is 11.8 Å². The molecule has 2 aromatic carbocycles. The molecular formula is C21H20N2OS. The van der Waals surface area contributed by atoms with Gasteiger partial charge in [0.2, 0.25) is 0 Å². The van der Waals surface area contributed by atoms with Crippen LogP contribution in [0.4, 0.5) is 5.69 Å². The van der Waals surface area contributed by atoms with Gasteiger partial charge >= 0.3 is 0 Å². The molecule has 1 aliphatic heterocycles. The van der Waals surface area contributed by atoms with Crippen molar-refractivity contribution < 1.29 is 0 Å². The van der Waals surface area contributed by atoms with E-state index in [1.165, 1.54) is 39.8 Å². The van der Waals surface area contributed by atoms with E-state index in [0.717, 1.165) is 24.3 Å². The molecule has 3 aromatic rings. The Bertz CT molecular complexity index is 1040. The first kappa shape index (κ1) is 15.1.